The summed E-state index contributed by atoms with van der Waals surface area (Å²) in [6.07, 6.45) is 0.0732. The van der Waals surface area contributed by atoms with E-state index in [-0.39, 0.29) is 42.1 Å². The molecule has 0 fully saturated rings. The second-order valence-electron chi connectivity index (χ2n) is 3.36. The molecule has 0 unspecified atom stereocenters. The van der Waals surface area contributed by atoms with Crippen molar-refractivity contribution < 1.29 is 44.2 Å². The van der Waals surface area contributed by atoms with Gasteiger partial charge in [-0.1, -0.05) is 12.1 Å². The number of hydrogen-bond donors (Lipinski definition) is 0. The Balaban J connectivity index is 0.00000196. The van der Waals surface area contributed by atoms with Crippen molar-refractivity contribution in [2.75, 3.05) is 0 Å². The van der Waals surface area contributed by atoms with Crippen molar-refractivity contribution in [2.45, 2.75) is 26.4 Å². The minimum Gasteiger partial charge on any atom is -0.550 e. The van der Waals surface area contributed by atoms with Gasteiger partial charge in [0.1, 0.15) is 5.75 Å². The Morgan fingerprint density at radius 3 is 2.27 bits per heavy atom. The van der Waals surface area contributed by atoms with Gasteiger partial charge in [0.05, 0.1) is 6.10 Å². The predicted octanol–water partition coefficient (Wildman–Crippen LogP) is -2.23. The Bertz CT molecular complexity index is 306. The molecule has 0 N–H and O–H groups in total. The van der Waals surface area contributed by atoms with Crippen LogP contribution in [0.25, 0.3) is 0 Å². The van der Waals surface area contributed by atoms with Crippen molar-refractivity contribution in [2.24, 2.45) is 0 Å². The molecule has 0 aliphatic carbocycles. The average Bonchev–Trinajstić information content (AvgIpc) is 2.06. The van der Waals surface area contributed by atoms with Gasteiger partial charge >= 0.3 is 29.6 Å². The number of carbonyl (C=O) groups is 1. The summed E-state index contributed by atoms with van der Waals surface area (Å²) in [5, 5.41) is 10.3. The molecule has 0 bridgehead atoms. The van der Waals surface area contributed by atoms with E-state index in [9.17, 15) is 9.90 Å². The third kappa shape index (κ3) is 5.82. The Morgan fingerprint density at radius 1 is 1.33 bits per heavy atom. The van der Waals surface area contributed by atoms with E-state index in [1.54, 1.807) is 24.3 Å². The third-order valence-electron chi connectivity index (χ3n) is 1.64. The molecular formula is C11H13NaO3. The number of benzene rings is 1. The average molecular weight is 216 g/mol. The van der Waals surface area contributed by atoms with Crippen molar-refractivity contribution in [3.63, 3.8) is 0 Å². The second-order valence-corrected chi connectivity index (χ2v) is 3.36. The number of carbonyl (C=O) groups excluding carboxylic acids is 1. The summed E-state index contributed by atoms with van der Waals surface area (Å²) in [4.78, 5) is 10.3. The molecule has 0 atom stereocenters. The first-order chi connectivity index (χ1) is 6.58. The summed E-state index contributed by atoms with van der Waals surface area (Å²) in [6.45, 7) is 3.88. The molecule has 0 aromatic heterocycles. The fraction of sp³-hybridized carbons (Fsp3) is 0.364. The van der Waals surface area contributed by atoms with Gasteiger partial charge in [0.2, 0.25) is 0 Å². The maximum Gasteiger partial charge on any atom is 1.00 e. The molecule has 0 aliphatic rings. The van der Waals surface area contributed by atoms with Crippen LogP contribution in [0.15, 0.2) is 24.3 Å². The topological polar surface area (TPSA) is 49.4 Å². The number of aliphatic carboxylic acids is 1. The summed E-state index contributed by atoms with van der Waals surface area (Å²) in [7, 11) is 0. The van der Waals surface area contributed by atoms with E-state index < -0.39 is 5.97 Å². The molecule has 4 heteroatoms. The molecule has 3 nitrogen and oxygen atoms in total. The van der Waals surface area contributed by atoms with Crippen molar-refractivity contribution >= 4 is 5.97 Å². The number of carboxylic acid groups (broad SMARTS) is 1. The molecule has 0 spiro atoms. The van der Waals surface area contributed by atoms with Crippen LogP contribution in [-0.4, -0.2) is 12.1 Å². The van der Waals surface area contributed by atoms with E-state index in [2.05, 4.69) is 0 Å². The minimum absolute atomic E-state index is 0. The molecule has 76 valence electrons. The van der Waals surface area contributed by atoms with Crippen molar-refractivity contribution in [1.82, 2.24) is 0 Å². The Hall–Kier alpha value is -0.510. The van der Waals surface area contributed by atoms with Crippen molar-refractivity contribution in [1.29, 1.82) is 0 Å². The Kier molecular flexibility index (Phi) is 6.65. The first-order valence-corrected chi connectivity index (χ1v) is 4.53. The fourth-order valence-electron chi connectivity index (χ4n) is 1.12. The van der Waals surface area contributed by atoms with Gasteiger partial charge in [0, 0.05) is 12.4 Å². The number of ether oxygens (including phenoxy) is 1. The minimum atomic E-state index is -1.07. The molecular weight excluding hydrogens is 203 g/mol. The SMILES string of the molecule is CC(C)Oc1ccc(CC(=O)[O-])cc1.[Na+]. The summed E-state index contributed by atoms with van der Waals surface area (Å²) in [5.41, 5.74) is 0.723. The standard InChI is InChI=1S/C11H14O3.Na/c1-8(2)14-10-5-3-9(4-6-10)7-11(12)13;/h3-6,8H,7H2,1-2H3,(H,12,13);/q;+1/p-1. The summed E-state index contributed by atoms with van der Waals surface area (Å²) >= 11 is 0. The predicted molar refractivity (Wildman–Crippen MR) is 50.9 cm³/mol. The van der Waals surface area contributed by atoms with Gasteiger partial charge < -0.3 is 14.6 Å². The second kappa shape index (κ2) is 6.88. The van der Waals surface area contributed by atoms with E-state index in [1.165, 1.54) is 0 Å². The fourth-order valence-corrected chi connectivity index (χ4v) is 1.12. The number of carboxylic acids is 1. The van der Waals surface area contributed by atoms with Gasteiger partial charge in [-0.15, -0.1) is 0 Å². The maximum atomic E-state index is 10.3. The smallest absolute Gasteiger partial charge is 0.550 e. The zero-order chi connectivity index (χ0) is 10.6. The number of rotatable bonds is 4. The monoisotopic (exact) mass is 216 g/mol. The zero-order valence-corrected chi connectivity index (χ0v) is 11.3. The summed E-state index contributed by atoms with van der Waals surface area (Å²) in [5.74, 6) is -0.315. The van der Waals surface area contributed by atoms with Gasteiger partial charge in [0.25, 0.3) is 0 Å². The van der Waals surface area contributed by atoms with Crippen LogP contribution in [0.3, 0.4) is 0 Å². The van der Waals surface area contributed by atoms with Crippen LogP contribution in [0.2, 0.25) is 0 Å². The molecule has 1 rings (SSSR count). The van der Waals surface area contributed by atoms with Crippen LogP contribution in [0, 0.1) is 0 Å². The van der Waals surface area contributed by atoms with Gasteiger partial charge in [-0.2, -0.15) is 0 Å². The van der Waals surface area contributed by atoms with Crippen molar-refractivity contribution in [3.8, 4) is 5.75 Å². The quantitative estimate of drug-likeness (QED) is 0.535. The van der Waals surface area contributed by atoms with Gasteiger partial charge in [-0.3, -0.25) is 0 Å². The Morgan fingerprint density at radius 2 is 1.87 bits per heavy atom. The van der Waals surface area contributed by atoms with E-state index in [0.717, 1.165) is 11.3 Å². The largest absolute Gasteiger partial charge is 1.00 e. The summed E-state index contributed by atoms with van der Waals surface area (Å²) < 4.78 is 5.41. The van der Waals surface area contributed by atoms with E-state index >= 15 is 0 Å². The van der Waals surface area contributed by atoms with Gasteiger partial charge in [0.15, 0.2) is 0 Å². The maximum absolute atomic E-state index is 10.3. The van der Waals surface area contributed by atoms with Crippen LogP contribution < -0.4 is 39.4 Å². The van der Waals surface area contributed by atoms with E-state index in [0.29, 0.717) is 0 Å². The van der Waals surface area contributed by atoms with Crippen LogP contribution in [0.4, 0.5) is 0 Å². The van der Waals surface area contributed by atoms with E-state index in [4.69, 9.17) is 4.74 Å². The third-order valence-corrected chi connectivity index (χ3v) is 1.64. The molecule has 0 heterocycles. The molecule has 0 radical (unpaired) electrons. The van der Waals surface area contributed by atoms with Crippen LogP contribution in [0.5, 0.6) is 5.75 Å². The van der Waals surface area contributed by atoms with Crippen LogP contribution >= 0.6 is 0 Å². The van der Waals surface area contributed by atoms with Gasteiger partial charge in [-0.05, 0) is 31.5 Å². The molecule has 15 heavy (non-hydrogen) atoms. The molecule has 0 aliphatic heterocycles. The van der Waals surface area contributed by atoms with Gasteiger partial charge in [-0.25, -0.2) is 0 Å². The normalized spacial score (nSPS) is 9.53. The molecule has 0 saturated carbocycles. The van der Waals surface area contributed by atoms with Crippen LogP contribution in [0.1, 0.15) is 19.4 Å². The molecule has 0 amide bonds. The van der Waals surface area contributed by atoms with E-state index in [1.807, 2.05) is 13.8 Å². The summed E-state index contributed by atoms with van der Waals surface area (Å²) in [6, 6.07) is 6.98. The van der Waals surface area contributed by atoms with Crippen molar-refractivity contribution in [3.05, 3.63) is 29.8 Å². The van der Waals surface area contributed by atoms with Crippen LogP contribution in [-0.2, 0) is 11.2 Å². The zero-order valence-electron chi connectivity index (χ0n) is 9.32. The molecule has 0 saturated heterocycles. The molecule has 1 aromatic carbocycles. The Labute approximate surface area is 112 Å². The first kappa shape index (κ1) is 14.5. The molecule has 1 aromatic rings. The first-order valence-electron chi connectivity index (χ1n) is 4.53. The number of hydrogen-bond acceptors (Lipinski definition) is 3.